The van der Waals surface area contributed by atoms with Crippen molar-refractivity contribution < 1.29 is 22.7 Å². The molecule has 1 atom stereocenters. The number of pyridine rings is 1. The highest BCUT2D eigenvalue weighted by atomic mass is 32.2. The Morgan fingerprint density at radius 2 is 1.97 bits per heavy atom. The van der Waals surface area contributed by atoms with Crippen molar-refractivity contribution >= 4 is 48.3 Å². The Balaban J connectivity index is 1.37. The van der Waals surface area contributed by atoms with Gasteiger partial charge in [0.1, 0.15) is 17.0 Å². The molecule has 5 rings (SSSR count). The van der Waals surface area contributed by atoms with Crippen LogP contribution in [0.4, 0.5) is 5.13 Å². The van der Waals surface area contributed by atoms with Crippen LogP contribution in [0.15, 0.2) is 46.4 Å². The molecule has 202 valence electrons. The second-order valence-electron chi connectivity index (χ2n) is 9.06. The van der Waals surface area contributed by atoms with E-state index in [4.69, 9.17) is 9.47 Å². The van der Waals surface area contributed by atoms with E-state index in [9.17, 15) is 13.2 Å². The van der Waals surface area contributed by atoms with Gasteiger partial charge in [-0.2, -0.15) is 5.10 Å². The molecule has 0 unspecified atom stereocenters. The number of hydrazone groups is 1. The highest BCUT2D eigenvalue weighted by Crippen LogP contribution is 2.27. The fraction of sp³-hybridized carbons (Fsp3) is 0.440. The number of hydrogen-bond acceptors (Lipinski definition) is 11. The first kappa shape index (κ1) is 26.5. The van der Waals surface area contributed by atoms with Crippen LogP contribution in [0.5, 0.6) is 5.88 Å². The molecule has 2 fully saturated rings. The Bertz CT molecular complexity index is 1410. The van der Waals surface area contributed by atoms with Gasteiger partial charge in [0.15, 0.2) is 20.7 Å². The van der Waals surface area contributed by atoms with E-state index in [0.717, 1.165) is 25.9 Å². The number of amides is 1. The van der Waals surface area contributed by atoms with Gasteiger partial charge < -0.3 is 14.8 Å². The molecule has 0 radical (unpaired) electrons. The molecule has 2 N–H and O–H groups in total. The molecule has 4 heterocycles. The molecule has 0 bridgehead atoms. The number of fused-ring (bicyclic) bond motifs is 1. The van der Waals surface area contributed by atoms with E-state index in [2.05, 4.69) is 25.7 Å². The molecule has 2 aliphatic heterocycles. The zero-order valence-corrected chi connectivity index (χ0v) is 22.7. The lowest BCUT2D eigenvalue weighted by Gasteiger charge is -2.15. The second-order valence-corrected chi connectivity index (χ2v) is 12.3. The van der Waals surface area contributed by atoms with Crippen molar-refractivity contribution in [3.8, 4) is 5.88 Å². The maximum absolute atomic E-state index is 13.4. The smallest absolute Gasteiger partial charge is 0.278 e. The number of thiazole rings is 1. The quantitative estimate of drug-likeness (QED) is 0.284. The number of aromatic nitrogens is 2. The summed E-state index contributed by atoms with van der Waals surface area (Å²) in [4.78, 5) is 23.2. The second kappa shape index (κ2) is 11.7. The number of ether oxygens (including phenoxy) is 2. The highest BCUT2D eigenvalue weighted by molar-refractivity contribution is 7.92. The van der Waals surface area contributed by atoms with Crippen molar-refractivity contribution in [2.45, 2.75) is 29.4 Å². The van der Waals surface area contributed by atoms with Crippen molar-refractivity contribution in [2.75, 3.05) is 51.8 Å². The third-order valence-corrected chi connectivity index (χ3v) is 9.43. The summed E-state index contributed by atoms with van der Waals surface area (Å²) in [5, 5.41) is 12.2. The van der Waals surface area contributed by atoms with Gasteiger partial charge in [-0.05, 0) is 44.5 Å². The lowest BCUT2D eigenvalue weighted by atomic mass is 10.1. The number of carbonyl (C=O) groups excluding carboxylic acids is 1. The van der Waals surface area contributed by atoms with Crippen LogP contribution in [0, 0.1) is 0 Å². The largest absolute Gasteiger partial charge is 0.476 e. The molecule has 0 aliphatic carbocycles. The number of likely N-dealkylation sites (N-methyl/N-ethyl adjacent to an activating group) is 1. The molecule has 2 aliphatic rings. The first-order chi connectivity index (χ1) is 18.4. The van der Waals surface area contributed by atoms with Crippen LogP contribution >= 0.6 is 11.3 Å². The zero-order valence-electron chi connectivity index (χ0n) is 21.1. The van der Waals surface area contributed by atoms with Crippen molar-refractivity contribution in [3.63, 3.8) is 0 Å². The van der Waals surface area contributed by atoms with Gasteiger partial charge in [0.05, 0.1) is 16.8 Å². The van der Waals surface area contributed by atoms with Gasteiger partial charge in [0, 0.05) is 37.9 Å². The molecule has 3 aromatic rings. The van der Waals surface area contributed by atoms with Gasteiger partial charge in [-0.1, -0.05) is 23.5 Å². The minimum absolute atomic E-state index is 0.198. The van der Waals surface area contributed by atoms with Gasteiger partial charge in [0.2, 0.25) is 5.88 Å². The number of carbonyl (C=O) groups is 1. The summed E-state index contributed by atoms with van der Waals surface area (Å²) >= 11 is 1.24. The molecule has 0 saturated carbocycles. The first-order valence-corrected chi connectivity index (χ1v) is 14.9. The molecule has 13 heteroatoms. The van der Waals surface area contributed by atoms with E-state index < -0.39 is 21.0 Å². The number of rotatable bonds is 10. The zero-order chi connectivity index (χ0) is 26.5. The van der Waals surface area contributed by atoms with Crippen molar-refractivity contribution in [1.82, 2.24) is 20.3 Å². The lowest BCUT2D eigenvalue weighted by Crippen LogP contribution is -2.27. The molecule has 38 heavy (non-hydrogen) atoms. The van der Waals surface area contributed by atoms with Crippen molar-refractivity contribution in [2.24, 2.45) is 5.10 Å². The maximum atomic E-state index is 13.4. The van der Waals surface area contributed by atoms with Crippen LogP contribution in [-0.4, -0.2) is 86.8 Å². The van der Waals surface area contributed by atoms with Gasteiger partial charge in [0.25, 0.3) is 5.91 Å². The molecular formula is C25H30N6O5S2. The third kappa shape index (κ3) is 5.96. The number of nitrogens with one attached hydrogen (secondary N) is 2. The van der Waals surface area contributed by atoms with Crippen LogP contribution in [0.2, 0.25) is 0 Å². The Morgan fingerprint density at radius 1 is 1.18 bits per heavy atom. The van der Waals surface area contributed by atoms with E-state index in [0.29, 0.717) is 53.1 Å². The van der Waals surface area contributed by atoms with Crippen LogP contribution < -0.4 is 15.4 Å². The first-order valence-electron chi connectivity index (χ1n) is 12.6. The predicted octanol–water partition coefficient (Wildman–Crippen LogP) is 2.29. The summed E-state index contributed by atoms with van der Waals surface area (Å²) in [6.45, 7) is 3.35. The maximum Gasteiger partial charge on any atom is 0.278 e. The molecule has 0 spiro atoms. The monoisotopic (exact) mass is 558 g/mol. The molecule has 1 amide bonds. The number of hydrogen-bond donors (Lipinski definition) is 2. The Morgan fingerprint density at radius 3 is 2.68 bits per heavy atom. The summed E-state index contributed by atoms with van der Waals surface area (Å²) in [6.07, 6.45) is 2.48. The number of sulfone groups is 1. The SMILES string of the molecule is CNCCOc1ccc2nc(NC(=O)C(=NN3CCCC3)c3ccc(S(=O)(=O)[C@H]4CCOC4)cc3)sc2n1. The topological polar surface area (TPSA) is 135 Å². The average Bonchev–Trinajstić information content (AvgIpc) is 3.70. The Kier molecular flexibility index (Phi) is 8.17. The van der Waals surface area contributed by atoms with Crippen LogP contribution in [-0.2, 0) is 19.4 Å². The average molecular weight is 559 g/mol. The summed E-state index contributed by atoms with van der Waals surface area (Å²) < 4.78 is 36.7. The summed E-state index contributed by atoms with van der Waals surface area (Å²) in [7, 11) is -1.65. The van der Waals surface area contributed by atoms with Crippen molar-refractivity contribution in [3.05, 3.63) is 42.0 Å². The van der Waals surface area contributed by atoms with Crippen LogP contribution in [0.3, 0.4) is 0 Å². The number of nitrogens with zero attached hydrogens (tertiary/aromatic N) is 4. The minimum atomic E-state index is -3.50. The highest BCUT2D eigenvalue weighted by Gasteiger charge is 2.31. The molecule has 2 aromatic heterocycles. The van der Waals surface area contributed by atoms with Crippen LogP contribution in [0.1, 0.15) is 24.8 Å². The lowest BCUT2D eigenvalue weighted by molar-refractivity contribution is -0.110. The van der Waals surface area contributed by atoms with Gasteiger partial charge in [-0.3, -0.25) is 15.1 Å². The normalized spacial score (nSPS) is 18.3. The molecular weight excluding hydrogens is 528 g/mol. The Labute approximate surface area is 225 Å². The van der Waals surface area contributed by atoms with Crippen LogP contribution in [0.25, 0.3) is 10.3 Å². The minimum Gasteiger partial charge on any atom is -0.476 e. The van der Waals surface area contributed by atoms with E-state index in [1.807, 2.05) is 12.1 Å². The van der Waals surface area contributed by atoms with E-state index in [1.165, 1.54) is 23.5 Å². The van der Waals surface area contributed by atoms with E-state index >= 15 is 0 Å². The summed E-state index contributed by atoms with van der Waals surface area (Å²) in [5.41, 5.74) is 1.37. The summed E-state index contributed by atoms with van der Waals surface area (Å²) in [5.74, 6) is 0.0611. The fourth-order valence-corrected chi connectivity index (χ4v) is 6.68. The number of benzene rings is 1. The molecule has 11 nitrogen and oxygen atoms in total. The van der Waals surface area contributed by atoms with Gasteiger partial charge >= 0.3 is 0 Å². The molecule has 1 aromatic carbocycles. The predicted molar refractivity (Wildman–Crippen MR) is 146 cm³/mol. The van der Waals surface area contributed by atoms with E-state index in [-0.39, 0.29) is 17.2 Å². The standard InChI is InChI=1S/C25H30N6O5S2/c1-26-11-15-36-21-9-8-20-24(28-21)37-25(27-20)29-23(32)22(30-31-12-2-3-13-31)17-4-6-18(7-5-17)38(33,34)19-10-14-35-16-19/h4-9,19,26H,2-3,10-16H2,1H3,(H,27,29,32)/t19-/m0/s1. The molecule has 2 saturated heterocycles. The summed E-state index contributed by atoms with van der Waals surface area (Å²) in [6, 6.07) is 9.88. The third-order valence-electron chi connectivity index (χ3n) is 6.37. The van der Waals surface area contributed by atoms with Crippen molar-refractivity contribution in [1.29, 1.82) is 0 Å². The van der Waals surface area contributed by atoms with E-state index in [1.54, 1.807) is 24.3 Å². The number of anilines is 1. The Hall–Kier alpha value is -3.13. The fourth-order valence-electron chi connectivity index (χ4n) is 4.28. The van der Waals surface area contributed by atoms with Gasteiger partial charge in [-0.25, -0.2) is 18.4 Å². The van der Waals surface area contributed by atoms with Gasteiger partial charge in [-0.15, -0.1) is 0 Å².